The molecule has 5 rings (SSSR count). The van der Waals surface area contributed by atoms with Gasteiger partial charge in [0.25, 0.3) is 0 Å². The lowest BCUT2D eigenvalue weighted by Crippen LogP contribution is -2.55. The maximum atomic E-state index is 13.3. The van der Waals surface area contributed by atoms with Crippen molar-refractivity contribution in [1.82, 2.24) is 20.4 Å². The maximum Gasteiger partial charge on any atom is 0.248 e. The normalized spacial score (nSPS) is 37.5. The predicted octanol–water partition coefficient (Wildman–Crippen LogP) is 2.63. The summed E-state index contributed by atoms with van der Waals surface area (Å²) in [4.78, 5) is 31.0. The van der Waals surface area contributed by atoms with Gasteiger partial charge >= 0.3 is 0 Å². The molecule has 3 saturated heterocycles. The van der Waals surface area contributed by atoms with Crippen LogP contribution in [0.25, 0.3) is 0 Å². The maximum absolute atomic E-state index is 13.3. The van der Waals surface area contributed by atoms with E-state index in [9.17, 15) is 9.59 Å². The quantitative estimate of drug-likeness (QED) is 0.664. The first-order valence-corrected chi connectivity index (χ1v) is 14.5. The van der Waals surface area contributed by atoms with Crippen molar-refractivity contribution in [1.29, 1.82) is 0 Å². The monoisotopic (exact) mass is 466 g/mol. The zero-order chi connectivity index (χ0) is 21.2. The number of hydrogen-bond donors (Lipinski definition) is 2. The summed E-state index contributed by atoms with van der Waals surface area (Å²) in [6.45, 7) is 3.72. The third kappa shape index (κ3) is 5.07. The van der Waals surface area contributed by atoms with E-state index in [1.165, 1.54) is 57.8 Å². The van der Waals surface area contributed by atoms with E-state index in [4.69, 9.17) is 0 Å². The van der Waals surface area contributed by atoms with Gasteiger partial charge < -0.3 is 10.2 Å². The molecule has 3 aliphatic heterocycles. The first kappa shape index (κ1) is 22.4. The number of carbonyl (C=O) groups excluding carboxylic acids is 2. The van der Waals surface area contributed by atoms with Crippen molar-refractivity contribution in [2.24, 2.45) is 5.92 Å². The number of nitrogens with zero attached hydrogens (tertiary/aromatic N) is 2. The zero-order valence-electron chi connectivity index (χ0n) is 18.6. The van der Waals surface area contributed by atoms with E-state index >= 15 is 0 Å². The molecule has 0 aromatic carbocycles. The van der Waals surface area contributed by atoms with Gasteiger partial charge in [-0.05, 0) is 37.9 Å². The second kappa shape index (κ2) is 10.2. The van der Waals surface area contributed by atoms with Crippen LogP contribution in [0.4, 0.5) is 0 Å². The van der Waals surface area contributed by atoms with E-state index in [0.717, 1.165) is 44.4 Å². The number of rotatable bonds is 4. The van der Waals surface area contributed by atoms with Crippen LogP contribution in [0.5, 0.6) is 0 Å². The van der Waals surface area contributed by atoms with Gasteiger partial charge in [-0.15, -0.1) is 23.5 Å². The fraction of sp³-hybridized carbons (Fsp3) is 0.913. The minimum absolute atomic E-state index is 0.0659. The highest BCUT2D eigenvalue weighted by Gasteiger charge is 2.42. The summed E-state index contributed by atoms with van der Waals surface area (Å²) >= 11 is 3.56. The molecule has 6 nitrogen and oxygen atoms in total. The molecule has 5 fully saturated rings. The lowest BCUT2D eigenvalue weighted by molar-refractivity contribution is -0.138. The zero-order valence-corrected chi connectivity index (χ0v) is 20.2. The highest BCUT2D eigenvalue weighted by molar-refractivity contribution is 8.01. The largest absolute Gasteiger partial charge is 0.341 e. The third-order valence-corrected chi connectivity index (χ3v) is 10.8. The number of fused-ring (bicyclic) bond motifs is 1. The molecule has 0 bridgehead atoms. The molecule has 2 saturated carbocycles. The topological polar surface area (TPSA) is 64.7 Å². The highest BCUT2D eigenvalue weighted by Crippen LogP contribution is 2.38. The van der Waals surface area contributed by atoms with Crippen LogP contribution in [0.15, 0.2) is 0 Å². The Morgan fingerprint density at radius 2 is 1.61 bits per heavy atom. The molecule has 0 aromatic rings. The Morgan fingerprint density at radius 1 is 0.871 bits per heavy atom. The Hall–Kier alpha value is -0.440. The molecule has 2 amide bonds. The summed E-state index contributed by atoms with van der Waals surface area (Å²) in [5.41, 5.74) is 0. The van der Waals surface area contributed by atoms with Gasteiger partial charge in [0, 0.05) is 43.5 Å². The summed E-state index contributed by atoms with van der Waals surface area (Å²) < 4.78 is 0. The molecule has 5 aliphatic rings. The lowest BCUT2D eigenvalue weighted by Gasteiger charge is -2.41. The Morgan fingerprint density at radius 3 is 2.39 bits per heavy atom. The van der Waals surface area contributed by atoms with Crippen LogP contribution in [-0.2, 0) is 9.59 Å². The van der Waals surface area contributed by atoms with Gasteiger partial charge in [0.05, 0.1) is 11.3 Å². The van der Waals surface area contributed by atoms with Crippen LogP contribution in [-0.4, -0.2) is 81.6 Å². The smallest absolute Gasteiger partial charge is 0.248 e. The van der Waals surface area contributed by atoms with Crippen LogP contribution in [0.1, 0.15) is 64.2 Å². The molecule has 0 spiro atoms. The van der Waals surface area contributed by atoms with Gasteiger partial charge in [-0.1, -0.05) is 32.1 Å². The Bertz CT molecular complexity index is 637. The molecule has 8 heteroatoms. The van der Waals surface area contributed by atoms with Gasteiger partial charge in [0.1, 0.15) is 5.37 Å². The SMILES string of the molecule is O=C(NC1SCCC1C(=O)N1CCN(C2CCCCC2)CC1)C1NC2CCCCC2S1. The number of thioether (sulfide) groups is 2. The van der Waals surface area contributed by atoms with Gasteiger partial charge in [-0.2, -0.15) is 0 Å². The predicted molar refractivity (Wildman–Crippen MR) is 128 cm³/mol. The molecule has 3 heterocycles. The van der Waals surface area contributed by atoms with E-state index in [2.05, 4.69) is 20.4 Å². The van der Waals surface area contributed by atoms with Crippen LogP contribution in [0.3, 0.4) is 0 Å². The minimum atomic E-state index is -0.149. The molecular weight excluding hydrogens is 428 g/mol. The molecule has 2 N–H and O–H groups in total. The number of amides is 2. The van der Waals surface area contributed by atoms with Crippen molar-refractivity contribution in [2.45, 2.75) is 92.3 Å². The average Bonchev–Trinajstić information content (AvgIpc) is 3.46. The molecule has 0 radical (unpaired) electrons. The van der Waals surface area contributed by atoms with E-state index in [-0.39, 0.29) is 28.5 Å². The van der Waals surface area contributed by atoms with Gasteiger partial charge in [0.2, 0.25) is 11.8 Å². The number of hydrogen-bond acceptors (Lipinski definition) is 6. The van der Waals surface area contributed by atoms with Crippen LogP contribution in [0, 0.1) is 5.92 Å². The molecule has 31 heavy (non-hydrogen) atoms. The van der Waals surface area contributed by atoms with Gasteiger partial charge in [-0.3, -0.25) is 19.8 Å². The van der Waals surface area contributed by atoms with Crippen molar-refractivity contribution in [2.75, 3.05) is 31.9 Å². The van der Waals surface area contributed by atoms with E-state index in [1.807, 2.05) is 0 Å². The van der Waals surface area contributed by atoms with Crippen LogP contribution < -0.4 is 10.6 Å². The molecule has 0 aromatic heterocycles. The second-order valence-electron chi connectivity index (χ2n) is 9.96. The number of carbonyl (C=O) groups is 2. The van der Waals surface area contributed by atoms with Crippen molar-refractivity contribution >= 4 is 35.3 Å². The lowest BCUT2D eigenvalue weighted by atomic mass is 9.93. The van der Waals surface area contributed by atoms with E-state index < -0.39 is 0 Å². The van der Waals surface area contributed by atoms with Crippen molar-refractivity contribution in [3.8, 4) is 0 Å². The summed E-state index contributed by atoms with van der Waals surface area (Å²) in [5.74, 6) is 1.24. The molecular formula is C23H38N4O2S2. The first-order chi connectivity index (χ1) is 15.2. The van der Waals surface area contributed by atoms with E-state index in [1.54, 1.807) is 23.5 Å². The third-order valence-electron chi connectivity index (χ3n) is 8.03. The fourth-order valence-corrected chi connectivity index (χ4v) is 9.02. The summed E-state index contributed by atoms with van der Waals surface area (Å²) in [7, 11) is 0. The second-order valence-corrected chi connectivity index (χ2v) is 12.6. The van der Waals surface area contributed by atoms with Crippen molar-refractivity contribution in [3.63, 3.8) is 0 Å². The van der Waals surface area contributed by atoms with Gasteiger partial charge in [-0.25, -0.2) is 0 Å². The Kier molecular flexibility index (Phi) is 7.37. The molecule has 174 valence electrons. The summed E-state index contributed by atoms with van der Waals surface area (Å²) in [6.07, 6.45) is 12.6. The Balaban J connectivity index is 1.11. The van der Waals surface area contributed by atoms with E-state index in [0.29, 0.717) is 11.3 Å². The van der Waals surface area contributed by atoms with Crippen LogP contribution >= 0.6 is 23.5 Å². The van der Waals surface area contributed by atoms with Crippen LogP contribution in [0.2, 0.25) is 0 Å². The van der Waals surface area contributed by atoms with Crippen molar-refractivity contribution < 1.29 is 9.59 Å². The molecule has 2 aliphatic carbocycles. The molecule has 5 atom stereocenters. The Labute approximate surface area is 195 Å². The van der Waals surface area contributed by atoms with Gasteiger partial charge in [0.15, 0.2) is 0 Å². The number of piperazine rings is 1. The number of nitrogens with one attached hydrogen (secondary N) is 2. The fourth-order valence-electron chi connectivity index (χ4n) is 6.19. The standard InChI is InChI=1S/C23H38N4O2S2/c28-20(22-24-18-8-4-5-9-19(18)31-22)25-21-17(10-15-30-21)23(29)27-13-11-26(12-14-27)16-6-2-1-3-7-16/h16-19,21-22,24H,1-15H2,(H,25,28). The summed E-state index contributed by atoms with van der Waals surface area (Å²) in [6, 6.07) is 1.23. The highest BCUT2D eigenvalue weighted by atomic mass is 32.2. The summed E-state index contributed by atoms with van der Waals surface area (Å²) in [5, 5.41) is 7.16. The first-order valence-electron chi connectivity index (χ1n) is 12.6. The van der Waals surface area contributed by atoms with Crippen molar-refractivity contribution in [3.05, 3.63) is 0 Å². The average molecular weight is 467 g/mol. The minimum Gasteiger partial charge on any atom is -0.341 e. The molecule has 5 unspecified atom stereocenters.